The molecule has 2 aromatic carbocycles. The molecule has 2 aromatic heterocycles. The summed E-state index contributed by atoms with van der Waals surface area (Å²) in [7, 11) is -2.69. The quantitative estimate of drug-likeness (QED) is 0.101. The molecule has 0 saturated heterocycles. The monoisotopic (exact) mass is 768 g/mol. The molecule has 278 valence electrons. The number of hydrogen-bond donors (Lipinski definition) is 5. The van der Waals surface area contributed by atoms with Crippen LogP contribution < -0.4 is 30.9 Å². The van der Waals surface area contributed by atoms with Gasteiger partial charge in [-0.2, -0.15) is 0 Å². The predicted molar refractivity (Wildman–Crippen MR) is 202 cm³/mol. The Hall–Kier alpha value is -4.71. The van der Waals surface area contributed by atoms with Crippen molar-refractivity contribution in [1.82, 2.24) is 36.6 Å². The van der Waals surface area contributed by atoms with Crippen molar-refractivity contribution in [2.24, 2.45) is 5.92 Å². The summed E-state index contributed by atoms with van der Waals surface area (Å²) >= 11 is 2.77. The van der Waals surface area contributed by atoms with Gasteiger partial charge in [0, 0.05) is 60.7 Å². The lowest BCUT2D eigenvalue weighted by atomic mass is 10.0. The highest BCUT2D eigenvalue weighted by Gasteiger charge is 2.28. The molecule has 14 nitrogen and oxygen atoms in total. The van der Waals surface area contributed by atoms with Crippen molar-refractivity contribution in [3.05, 3.63) is 92.8 Å². The first kappa shape index (κ1) is 40.1. The Labute approximate surface area is 311 Å². The maximum Gasteiger partial charge on any atom is 0.264 e. The summed E-state index contributed by atoms with van der Waals surface area (Å²) in [5.74, 6) is -1.89. The van der Waals surface area contributed by atoms with Crippen LogP contribution in [0.4, 0.5) is 5.69 Å². The van der Waals surface area contributed by atoms with Crippen LogP contribution in [-0.2, 0) is 32.6 Å². The van der Waals surface area contributed by atoms with Gasteiger partial charge in [-0.1, -0.05) is 32.0 Å². The third kappa shape index (κ3) is 10.9. The molecule has 3 atom stereocenters. The van der Waals surface area contributed by atoms with Crippen molar-refractivity contribution in [2.45, 2.75) is 63.7 Å². The Morgan fingerprint density at radius 1 is 0.904 bits per heavy atom. The summed E-state index contributed by atoms with van der Waals surface area (Å²) in [5.41, 5.74) is 2.61. The lowest BCUT2D eigenvalue weighted by molar-refractivity contribution is -0.130. The fourth-order valence-corrected chi connectivity index (χ4v) is 7.41. The minimum absolute atomic E-state index is 0.0420. The van der Waals surface area contributed by atoms with Gasteiger partial charge in [-0.05, 0) is 50.1 Å². The molecule has 4 amide bonds. The van der Waals surface area contributed by atoms with Gasteiger partial charge in [0.15, 0.2) is 0 Å². The van der Waals surface area contributed by atoms with Crippen LogP contribution in [0.25, 0.3) is 0 Å². The maximum atomic E-state index is 13.9. The second-order valence-electron chi connectivity index (χ2n) is 12.3. The molecular formula is C35H44N8O6S3. The number of carbonyl (C=O) groups excluding carboxylic acids is 4. The van der Waals surface area contributed by atoms with Gasteiger partial charge >= 0.3 is 0 Å². The number of anilines is 1. The van der Waals surface area contributed by atoms with E-state index in [2.05, 4.69) is 36.6 Å². The van der Waals surface area contributed by atoms with Gasteiger partial charge in [-0.15, -0.1) is 22.7 Å². The molecule has 4 aromatic rings. The number of nitrogens with one attached hydrogen (secondary N) is 5. The molecule has 0 spiro atoms. The van der Waals surface area contributed by atoms with Crippen LogP contribution in [0.1, 0.15) is 59.1 Å². The van der Waals surface area contributed by atoms with E-state index in [1.165, 1.54) is 60.1 Å². The van der Waals surface area contributed by atoms with Gasteiger partial charge < -0.3 is 26.6 Å². The zero-order valence-corrected chi connectivity index (χ0v) is 32.0. The molecule has 4 rings (SSSR count). The Morgan fingerprint density at radius 3 is 2.23 bits per heavy atom. The normalized spacial score (nSPS) is 13.1. The van der Waals surface area contributed by atoms with Gasteiger partial charge in [0.2, 0.25) is 11.8 Å². The number of benzene rings is 2. The molecule has 0 radical (unpaired) electrons. The highest BCUT2D eigenvalue weighted by molar-refractivity contribution is 7.92. The van der Waals surface area contributed by atoms with E-state index in [4.69, 9.17) is 0 Å². The standard InChI is InChI=1S/C35H44N8O6S3/c1-6-36-35(47)31(22(2)3)42-32(44)23(4)38-18-26(17-27-20-50-21-40-27)41-34(46)25-14-24(33(45)39-19-30-37-12-13-51-30)15-28(16-25)43(5)52(48,49)29-10-8-7-9-11-29/h7-16,20-23,26,31,38H,6,17-19H2,1-5H3,(H,36,47)(H,39,45)(H,41,46)(H,42,44)/t23-,26-,31-/m0/s1. The average Bonchev–Trinajstić information content (AvgIpc) is 3.86. The summed E-state index contributed by atoms with van der Waals surface area (Å²) < 4.78 is 28.1. The molecule has 52 heavy (non-hydrogen) atoms. The molecular weight excluding hydrogens is 725 g/mol. The number of thiazole rings is 2. The predicted octanol–water partition coefficient (Wildman–Crippen LogP) is 2.95. The molecule has 0 unspecified atom stereocenters. The van der Waals surface area contributed by atoms with E-state index in [1.807, 2.05) is 19.2 Å². The number of nitrogens with zero attached hydrogens (tertiary/aromatic N) is 3. The molecule has 5 N–H and O–H groups in total. The Bertz CT molecular complexity index is 1910. The zero-order valence-electron chi connectivity index (χ0n) is 29.6. The molecule has 0 aliphatic carbocycles. The largest absolute Gasteiger partial charge is 0.355 e. The van der Waals surface area contributed by atoms with E-state index in [9.17, 15) is 27.6 Å². The van der Waals surface area contributed by atoms with Crippen LogP contribution in [0.3, 0.4) is 0 Å². The van der Waals surface area contributed by atoms with Crippen molar-refractivity contribution in [3.63, 3.8) is 0 Å². The van der Waals surface area contributed by atoms with Crippen LogP contribution in [0.15, 0.2) is 75.9 Å². The zero-order chi connectivity index (χ0) is 37.8. The Kier molecular flexibility index (Phi) is 14.4. The van der Waals surface area contributed by atoms with Crippen molar-refractivity contribution in [1.29, 1.82) is 0 Å². The summed E-state index contributed by atoms with van der Waals surface area (Å²) in [4.78, 5) is 61.5. The minimum atomic E-state index is -4.05. The Balaban J connectivity index is 1.58. The topological polar surface area (TPSA) is 192 Å². The van der Waals surface area contributed by atoms with Gasteiger partial charge in [-0.25, -0.2) is 18.4 Å². The maximum absolute atomic E-state index is 13.9. The first-order valence-corrected chi connectivity index (χ1v) is 19.9. The lowest BCUT2D eigenvalue weighted by Gasteiger charge is -2.25. The number of hydrogen-bond acceptors (Lipinski definition) is 11. The first-order valence-electron chi connectivity index (χ1n) is 16.6. The van der Waals surface area contributed by atoms with E-state index in [0.717, 1.165) is 10.00 Å². The van der Waals surface area contributed by atoms with Crippen molar-refractivity contribution < 1.29 is 27.6 Å². The molecule has 17 heteroatoms. The fraction of sp³-hybridized carbons (Fsp3) is 0.371. The molecule has 0 fully saturated rings. The molecule has 0 bridgehead atoms. The van der Waals surface area contributed by atoms with E-state index >= 15 is 0 Å². The van der Waals surface area contributed by atoms with Gasteiger partial charge in [-0.3, -0.25) is 23.5 Å². The van der Waals surface area contributed by atoms with E-state index < -0.39 is 40.0 Å². The van der Waals surface area contributed by atoms with Crippen LogP contribution in [-0.4, -0.2) is 80.3 Å². The van der Waals surface area contributed by atoms with Gasteiger partial charge in [0.05, 0.1) is 34.4 Å². The lowest BCUT2D eigenvalue weighted by Crippen LogP contribution is -2.55. The molecule has 0 saturated carbocycles. The summed E-state index contributed by atoms with van der Waals surface area (Å²) in [6.07, 6.45) is 1.93. The van der Waals surface area contributed by atoms with E-state index in [0.29, 0.717) is 18.0 Å². The van der Waals surface area contributed by atoms with Crippen molar-refractivity contribution in [2.75, 3.05) is 24.4 Å². The van der Waals surface area contributed by atoms with Crippen molar-refractivity contribution in [3.8, 4) is 0 Å². The fourth-order valence-electron chi connectivity index (χ4n) is 5.09. The number of rotatable bonds is 18. The Morgan fingerprint density at radius 2 is 1.62 bits per heavy atom. The van der Waals surface area contributed by atoms with Gasteiger partial charge in [0.25, 0.3) is 21.8 Å². The van der Waals surface area contributed by atoms with E-state index in [1.54, 1.807) is 49.1 Å². The summed E-state index contributed by atoms with van der Waals surface area (Å²) in [6.45, 7) is 7.89. The van der Waals surface area contributed by atoms with Gasteiger partial charge in [0.1, 0.15) is 11.0 Å². The van der Waals surface area contributed by atoms with Crippen molar-refractivity contribution >= 4 is 62.0 Å². The SMILES string of the molecule is CCNC(=O)[C@@H](NC(=O)[C@H](C)NC[C@H](Cc1cscn1)NC(=O)c1cc(C(=O)NCc2nccs2)cc(N(C)S(=O)(=O)c2ccccc2)c1)C(C)C. The van der Waals surface area contributed by atoms with Crippen LogP contribution >= 0.6 is 22.7 Å². The molecule has 2 heterocycles. The summed E-state index contributed by atoms with van der Waals surface area (Å²) in [5, 5.41) is 18.8. The summed E-state index contributed by atoms with van der Waals surface area (Å²) in [6, 6.07) is 10.0. The third-order valence-corrected chi connectivity index (χ3v) is 11.2. The van der Waals surface area contributed by atoms with E-state index in [-0.39, 0.29) is 52.5 Å². The van der Waals surface area contributed by atoms with Crippen LogP contribution in [0.2, 0.25) is 0 Å². The van der Waals surface area contributed by atoms with Crippen LogP contribution in [0.5, 0.6) is 0 Å². The number of amides is 4. The first-order chi connectivity index (χ1) is 24.8. The average molecular weight is 769 g/mol. The highest BCUT2D eigenvalue weighted by atomic mass is 32.2. The van der Waals surface area contributed by atoms with Crippen LogP contribution in [0, 0.1) is 5.92 Å². The number of carbonyl (C=O) groups is 4. The number of sulfonamides is 1. The minimum Gasteiger partial charge on any atom is -0.355 e. The molecule has 0 aliphatic heterocycles. The highest BCUT2D eigenvalue weighted by Crippen LogP contribution is 2.25. The number of aromatic nitrogens is 2. The third-order valence-electron chi connectivity index (χ3n) is 8.03. The smallest absolute Gasteiger partial charge is 0.264 e. The second-order valence-corrected chi connectivity index (χ2v) is 15.9. The number of likely N-dealkylation sites (N-methyl/N-ethyl adjacent to an activating group) is 1. The second kappa shape index (κ2) is 18.7. The molecule has 0 aliphatic rings.